The number of hydrogen-bond acceptors (Lipinski definition) is 4. The predicted molar refractivity (Wildman–Crippen MR) is 93.2 cm³/mol. The number of carbonyl (C=O) groups excluding carboxylic acids is 2. The molecule has 0 radical (unpaired) electrons. The van der Waals surface area contributed by atoms with Gasteiger partial charge in [0.05, 0.1) is 17.4 Å². The molecule has 1 heterocycles. The van der Waals surface area contributed by atoms with E-state index in [1.165, 1.54) is 23.9 Å². The number of para-hydroxylation sites is 1. The zero-order chi connectivity index (χ0) is 17.1. The smallest absolute Gasteiger partial charge is 0.307 e. The molecule has 7 heteroatoms. The maximum absolute atomic E-state index is 13.0. The van der Waals surface area contributed by atoms with Crippen LogP contribution in [0.5, 0.6) is 0 Å². The second-order valence-electron chi connectivity index (χ2n) is 5.19. The molecule has 2 aromatic rings. The van der Waals surface area contributed by atoms with E-state index in [1.807, 2.05) is 24.3 Å². The van der Waals surface area contributed by atoms with Crippen LogP contribution in [0, 0.1) is 5.82 Å². The van der Waals surface area contributed by atoms with Crippen molar-refractivity contribution in [2.24, 2.45) is 0 Å². The lowest BCUT2D eigenvalue weighted by Crippen LogP contribution is -2.31. The van der Waals surface area contributed by atoms with Gasteiger partial charge in [-0.2, -0.15) is 0 Å². The Bertz CT molecular complexity index is 799. The molecule has 1 amide bonds. The molecule has 1 aliphatic heterocycles. The molecule has 1 atom stereocenters. The molecule has 2 aromatic carbocycles. The topological polar surface area (TPSA) is 55.4 Å². The second kappa shape index (κ2) is 7.36. The van der Waals surface area contributed by atoms with E-state index in [1.54, 1.807) is 6.07 Å². The third-order valence-corrected chi connectivity index (χ3v) is 5.48. The standard InChI is InChI=1S/C17H13BrFNO3S/c18-12-7-11(19)6-5-10(12)9-23-16(21)8-15-17(22)20-13-3-1-2-4-14(13)24-15/h1-7,15H,8-9H2,(H,20,22). The molecule has 24 heavy (non-hydrogen) atoms. The van der Waals surface area contributed by atoms with Gasteiger partial charge >= 0.3 is 5.97 Å². The molecule has 0 bridgehead atoms. The Morgan fingerprint density at radius 3 is 2.88 bits per heavy atom. The molecular weight excluding hydrogens is 397 g/mol. The van der Waals surface area contributed by atoms with Gasteiger partial charge in [0, 0.05) is 14.9 Å². The van der Waals surface area contributed by atoms with Crippen molar-refractivity contribution in [2.45, 2.75) is 23.2 Å². The van der Waals surface area contributed by atoms with Crippen LogP contribution < -0.4 is 5.32 Å². The van der Waals surface area contributed by atoms with E-state index < -0.39 is 11.2 Å². The minimum atomic E-state index is -0.524. The van der Waals surface area contributed by atoms with Crippen LogP contribution in [0.25, 0.3) is 0 Å². The first-order chi connectivity index (χ1) is 11.5. The van der Waals surface area contributed by atoms with Crippen molar-refractivity contribution in [3.63, 3.8) is 0 Å². The summed E-state index contributed by atoms with van der Waals surface area (Å²) in [6.45, 7) is 0.0231. The SMILES string of the molecule is O=C(CC1Sc2ccccc2NC1=O)OCc1ccc(F)cc1Br. The Kier molecular flexibility index (Phi) is 5.20. The number of hydrogen-bond donors (Lipinski definition) is 1. The van der Waals surface area contributed by atoms with E-state index >= 15 is 0 Å². The highest BCUT2D eigenvalue weighted by Gasteiger charge is 2.29. The van der Waals surface area contributed by atoms with E-state index in [9.17, 15) is 14.0 Å². The molecule has 4 nitrogen and oxygen atoms in total. The molecule has 1 N–H and O–H groups in total. The fraction of sp³-hybridized carbons (Fsp3) is 0.176. The fourth-order valence-corrected chi connectivity index (χ4v) is 3.79. The lowest BCUT2D eigenvalue weighted by atomic mass is 10.2. The summed E-state index contributed by atoms with van der Waals surface area (Å²) in [5.41, 5.74) is 1.42. The molecular formula is C17H13BrFNO3S. The highest BCUT2D eigenvalue weighted by molar-refractivity contribution is 9.10. The molecule has 0 saturated heterocycles. The lowest BCUT2D eigenvalue weighted by molar-refractivity contribution is -0.145. The number of esters is 1. The third-order valence-electron chi connectivity index (χ3n) is 3.46. The summed E-state index contributed by atoms with van der Waals surface area (Å²) in [6.07, 6.45) is -0.0242. The molecule has 0 saturated carbocycles. The number of anilines is 1. The second-order valence-corrected chi connectivity index (χ2v) is 7.29. The van der Waals surface area contributed by atoms with Crippen LogP contribution >= 0.6 is 27.7 Å². The first-order valence-corrected chi connectivity index (χ1v) is 8.86. The summed E-state index contributed by atoms with van der Waals surface area (Å²) in [5, 5.41) is 2.26. The van der Waals surface area contributed by atoms with Gasteiger partial charge in [0.15, 0.2) is 0 Å². The van der Waals surface area contributed by atoms with Gasteiger partial charge in [-0.1, -0.05) is 34.1 Å². The van der Waals surface area contributed by atoms with Crippen LogP contribution in [-0.2, 0) is 20.9 Å². The number of thioether (sulfide) groups is 1. The van der Waals surface area contributed by atoms with E-state index in [0.717, 1.165) is 10.6 Å². The number of amides is 1. The number of carbonyl (C=O) groups is 2. The normalized spacial score (nSPS) is 16.2. The Hall–Kier alpha value is -1.86. The molecule has 1 unspecified atom stereocenters. The highest BCUT2D eigenvalue weighted by atomic mass is 79.9. The Morgan fingerprint density at radius 1 is 1.29 bits per heavy atom. The quantitative estimate of drug-likeness (QED) is 0.771. The Balaban J connectivity index is 1.58. The van der Waals surface area contributed by atoms with Crippen molar-refractivity contribution < 1.29 is 18.7 Å². The molecule has 1 aliphatic rings. The molecule has 0 aliphatic carbocycles. The molecule has 124 valence electrons. The monoisotopic (exact) mass is 409 g/mol. The highest BCUT2D eigenvalue weighted by Crippen LogP contribution is 2.36. The zero-order valence-electron chi connectivity index (χ0n) is 12.4. The predicted octanol–water partition coefficient (Wildman–Crippen LogP) is 4.13. The van der Waals surface area contributed by atoms with Gasteiger partial charge in [0.2, 0.25) is 5.91 Å². The summed E-state index contributed by atoms with van der Waals surface area (Å²) < 4.78 is 18.8. The van der Waals surface area contributed by atoms with Gasteiger partial charge < -0.3 is 10.1 Å². The number of halogens is 2. The number of benzene rings is 2. The first kappa shape index (κ1) is 17.0. The van der Waals surface area contributed by atoms with Gasteiger partial charge in [-0.25, -0.2) is 4.39 Å². The molecule has 0 spiro atoms. The van der Waals surface area contributed by atoms with Crippen molar-refractivity contribution in [3.05, 3.63) is 58.3 Å². The largest absolute Gasteiger partial charge is 0.461 e. The van der Waals surface area contributed by atoms with Crippen LogP contribution in [0.2, 0.25) is 0 Å². The summed E-state index contributed by atoms with van der Waals surface area (Å²) in [6, 6.07) is 11.6. The van der Waals surface area contributed by atoms with Gasteiger partial charge in [-0.3, -0.25) is 9.59 Å². The summed E-state index contributed by atoms with van der Waals surface area (Å²) >= 11 is 4.57. The van der Waals surface area contributed by atoms with Gasteiger partial charge in [-0.15, -0.1) is 11.8 Å². The summed E-state index contributed by atoms with van der Waals surface area (Å²) in [4.78, 5) is 25.0. The summed E-state index contributed by atoms with van der Waals surface area (Å²) in [5.74, 6) is -1.05. The van der Waals surface area contributed by atoms with Gasteiger partial charge in [0.1, 0.15) is 12.4 Å². The number of rotatable bonds is 4. The first-order valence-electron chi connectivity index (χ1n) is 7.19. The van der Waals surface area contributed by atoms with Crippen LogP contribution in [0.15, 0.2) is 51.8 Å². The fourth-order valence-electron chi connectivity index (χ4n) is 2.23. The molecule has 3 rings (SSSR count). The molecule has 0 aromatic heterocycles. The van der Waals surface area contributed by atoms with E-state index in [0.29, 0.717) is 10.0 Å². The van der Waals surface area contributed by atoms with Gasteiger partial charge in [-0.05, 0) is 24.3 Å². The van der Waals surface area contributed by atoms with Crippen LogP contribution in [0.3, 0.4) is 0 Å². The van der Waals surface area contributed by atoms with Crippen LogP contribution in [0.4, 0.5) is 10.1 Å². The minimum Gasteiger partial charge on any atom is -0.461 e. The van der Waals surface area contributed by atoms with Crippen LogP contribution in [-0.4, -0.2) is 17.1 Å². The van der Waals surface area contributed by atoms with Crippen molar-refractivity contribution in [2.75, 3.05) is 5.32 Å². The maximum atomic E-state index is 13.0. The van der Waals surface area contributed by atoms with Gasteiger partial charge in [0.25, 0.3) is 0 Å². The third kappa shape index (κ3) is 3.96. The number of ether oxygens (including phenoxy) is 1. The van der Waals surface area contributed by atoms with E-state index in [4.69, 9.17) is 4.74 Å². The Morgan fingerprint density at radius 2 is 2.08 bits per heavy atom. The van der Waals surface area contributed by atoms with Crippen molar-refractivity contribution in [1.82, 2.24) is 0 Å². The van der Waals surface area contributed by atoms with Crippen LogP contribution in [0.1, 0.15) is 12.0 Å². The number of fused-ring (bicyclic) bond motifs is 1. The molecule has 0 fully saturated rings. The average Bonchev–Trinajstić information content (AvgIpc) is 2.55. The van der Waals surface area contributed by atoms with Crippen molar-refractivity contribution in [3.8, 4) is 0 Å². The minimum absolute atomic E-state index is 0.0231. The lowest BCUT2D eigenvalue weighted by Gasteiger charge is -2.23. The van der Waals surface area contributed by atoms with Crippen molar-refractivity contribution in [1.29, 1.82) is 0 Å². The van der Waals surface area contributed by atoms with E-state index in [2.05, 4.69) is 21.2 Å². The number of nitrogens with one attached hydrogen (secondary N) is 1. The van der Waals surface area contributed by atoms with E-state index in [-0.39, 0.29) is 24.8 Å². The average molecular weight is 410 g/mol. The van der Waals surface area contributed by atoms with Crippen molar-refractivity contribution >= 4 is 45.3 Å². The zero-order valence-corrected chi connectivity index (χ0v) is 14.8. The Labute approximate surface area is 150 Å². The maximum Gasteiger partial charge on any atom is 0.307 e. The summed E-state index contributed by atoms with van der Waals surface area (Å²) in [7, 11) is 0.